The third-order valence-electron chi connectivity index (χ3n) is 6.88. The van der Waals surface area contributed by atoms with Crippen LogP contribution in [0.25, 0.3) is 10.9 Å². The van der Waals surface area contributed by atoms with Gasteiger partial charge in [0, 0.05) is 42.2 Å². The zero-order valence-corrected chi connectivity index (χ0v) is 18.4. The molecule has 7 nitrogen and oxygen atoms in total. The second-order valence-corrected chi connectivity index (χ2v) is 9.57. The molecule has 0 radical (unpaired) electrons. The molecule has 2 atom stereocenters. The lowest BCUT2D eigenvalue weighted by Gasteiger charge is -2.43. The highest BCUT2D eigenvalue weighted by molar-refractivity contribution is 6.31. The van der Waals surface area contributed by atoms with E-state index in [1.165, 1.54) is 0 Å². The number of hydrogen-bond donors (Lipinski definition) is 3. The number of likely N-dealkylation sites (tertiary alicyclic amines) is 1. The molecule has 2 aliphatic rings. The first-order chi connectivity index (χ1) is 14.4. The Bertz CT molecular complexity index is 886. The van der Waals surface area contributed by atoms with Crippen molar-refractivity contribution in [1.82, 2.24) is 20.4 Å². The standard InChI is InChI=1S/C22H31ClN4O3/c1-22(2,20(28)18-11-16(23)10-14-12-25-26-19(14)18)15-5-7-27(8-6-15)21(29)24-13-17-4-3-9-30-17/h10-12,15,17,20,28H,3-9,13H2,1-2H3,(H,24,29)(H,25,26)/t17-,20-/m1/s1. The van der Waals surface area contributed by atoms with E-state index in [0.29, 0.717) is 24.7 Å². The van der Waals surface area contributed by atoms with Gasteiger partial charge in [-0.3, -0.25) is 5.10 Å². The molecule has 2 saturated heterocycles. The van der Waals surface area contributed by atoms with E-state index in [1.54, 1.807) is 6.20 Å². The topological polar surface area (TPSA) is 90.5 Å². The van der Waals surface area contributed by atoms with Gasteiger partial charge in [0.05, 0.1) is 23.9 Å². The van der Waals surface area contributed by atoms with Crippen LogP contribution in [0, 0.1) is 11.3 Å². The van der Waals surface area contributed by atoms with Gasteiger partial charge in [0.15, 0.2) is 0 Å². The van der Waals surface area contributed by atoms with Crippen molar-refractivity contribution < 1.29 is 14.6 Å². The Balaban J connectivity index is 1.38. The van der Waals surface area contributed by atoms with E-state index >= 15 is 0 Å². The van der Waals surface area contributed by atoms with Crippen molar-refractivity contribution in [3.63, 3.8) is 0 Å². The molecule has 30 heavy (non-hydrogen) atoms. The van der Waals surface area contributed by atoms with Gasteiger partial charge < -0.3 is 20.1 Å². The fourth-order valence-electron chi connectivity index (χ4n) is 4.83. The Kier molecular flexibility index (Phi) is 6.23. The van der Waals surface area contributed by atoms with Crippen LogP contribution in [-0.4, -0.2) is 58.6 Å². The zero-order valence-electron chi connectivity index (χ0n) is 17.7. The number of aromatic amines is 1. The van der Waals surface area contributed by atoms with Crippen molar-refractivity contribution in [3.8, 4) is 0 Å². The number of halogens is 1. The Morgan fingerprint density at radius 3 is 2.87 bits per heavy atom. The number of carbonyl (C=O) groups is 1. The lowest BCUT2D eigenvalue weighted by atomic mass is 9.68. The molecule has 1 aromatic carbocycles. The summed E-state index contributed by atoms with van der Waals surface area (Å²) in [5.74, 6) is 0.284. The van der Waals surface area contributed by atoms with Crippen LogP contribution in [0.1, 0.15) is 51.2 Å². The highest BCUT2D eigenvalue weighted by Crippen LogP contribution is 2.46. The van der Waals surface area contributed by atoms with Gasteiger partial charge in [-0.05, 0) is 49.1 Å². The minimum absolute atomic E-state index is 0.0173. The quantitative estimate of drug-likeness (QED) is 0.666. The normalized spacial score (nSPS) is 21.9. The van der Waals surface area contributed by atoms with Gasteiger partial charge in [-0.25, -0.2) is 4.79 Å². The molecule has 164 valence electrons. The number of hydrogen-bond acceptors (Lipinski definition) is 4. The lowest BCUT2D eigenvalue weighted by Crippen LogP contribution is -2.48. The number of carbonyl (C=O) groups excluding carboxylic acids is 1. The Hall–Kier alpha value is -1.83. The summed E-state index contributed by atoms with van der Waals surface area (Å²) in [6.45, 7) is 6.94. The van der Waals surface area contributed by atoms with Crippen LogP contribution in [0.4, 0.5) is 4.79 Å². The molecule has 0 aliphatic carbocycles. The molecule has 2 amide bonds. The lowest BCUT2D eigenvalue weighted by molar-refractivity contribution is -0.0144. The van der Waals surface area contributed by atoms with Gasteiger partial charge in [-0.2, -0.15) is 5.10 Å². The molecule has 0 unspecified atom stereocenters. The van der Waals surface area contributed by atoms with E-state index in [-0.39, 0.29) is 23.5 Å². The summed E-state index contributed by atoms with van der Waals surface area (Å²) >= 11 is 6.28. The average Bonchev–Trinajstić information content (AvgIpc) is 3.42. The molecule has 2 aromatic rings. The second-order valence-electron chi connectivity index (χ2n) is 9.14. The van der Waals surface area contributed by atoms with Gasteiger partial charge in [0.2, 0.25) is 0 Å². The predicted molar refractivity (Wildman–Crippen MR) is 117 cm³/mol. The van der Waals surface area contributed by atoms with E-state index in [0.717, 1.165) is 48.8 Å². The van der Waals surface area contributed by atoms with Gasteiger partial charge in [0.1, 0.15) is 0 Å². The molecule has 8 heteroatoms. The number of fused-ring (bicyclic) bond motifs is 1. The molecule has 0 spiro atoms. The van der Waals surface area contributed by atoms with E-state index < -0.39 is 6.10 Å². The number of aliphatic hydroxyl groups is 1. The number of benzene rings is 1. The molecule has 3 heterocycles. The molecule has 4 rings (SSSR count). The molecule has 3 N–H and O–H groups in total. The highest BCUT2D eigenvalue weighted by atomic mass is 35.5. The van der Waals surface area contributed by atoms with Crippen molar-refractivity contribution in [2.45, 2.75) is 51.7 Å². The largest absolute Gasteiger partial charge is 0.388 e. The van der Waals surface area contributed by atoms with Gasteiger partial charge in [-0.15, -0.1) is 0 Å². The van der Waals surface area contributed by atoms with Crippen LogP contribution in [0.15, 0.2) is 18.3 Å². The first-order valence-electron chi connectivity index (χ1n) is 10.8. The number of rotatable bonds is 5. The van der Waals surface area contributed by atoms with Crippen molar-refractivity contribution in [2.75, 3.05) is 26.2 Å². The van der Waals surface area contributed by atoms with Crippen LogP contribution in [-0.2, 0) is 4.74 Å². The Morgan fingerprint density at radius 1 is 1.40 bits per heavy atom. The number of amides is 2. The van der Waals surface area contributed by atoms with Crippen molar-refractivity contribution in [2.24, 2.45) is 11.3 Å². The number of urea groups is 1. The van der Waals surface area contributed by atoms with E-state index in [1.807, 2.05) is 17.0 Å². The van der Waals surface area contributed by atoms with E-state index in [2.05, 4.69) is 29.4 Å². The predicted octanol–water partition coefficient (Wildman–Crippen LogP) is 3.88. The van der Waals surface area contributed by atoms with Crippen molar-refractivity contribution in [1.29, 1.82) is 0 Å². The molecule has 2 fully saturated rings. The molecular weight excluding hydrogens is 404 g/mol. The average molecular weight is 435 g/mol. The summed E-state index contributed by atoms with van der Waals surface area (Å²) in [4.78, 5) is 14.4. The molecule has 1 aromatic heterocycles. The maximum absolute atomic E-state index is 12.5. The first kappa shape index (κ1) is 21.4. The summed E-state index contributed by atoms with van der Waals surface area (Å²) in [5, 5.41) is 22.9. The Morgan fingerprint density at radius 2 is 2.17 bits per heavy atom. The number of ether oxygens (including phenoxy) is 1. The number of aromatic nitrogens is 2. The van der Waals surface area contributed by atoms with Gasteiger partial charge in [-0.1, -0.05) is 25.4 Å². The summed E-state index contributed by atoms with van der Waals surface area (Å²) in [7, 11) is 0. The third kappa shape index (κ3) is 4.29. The Labute approximate surface area is 182 Å². The summed E-state index contributed by atoms with van der Waals surface area (Å²) in [6, 6.07) is 3.65. The van der Waals surface area contributed by atoms with Gasteiger partial charge in [0.25, 0.3) is 0 Å². The highest BCUT2D eigenvalue weighted by Gasteiger charge is 2.40. The van der Waals surface area contributed by atoms with Crippen LogP contribution < -0.4 is 5.32 Å². The first-order valence-corrected chi connectivity index (χ1v) is 11.2. The number of nitrogens with one attached hydrogen (secondary N) is 2. The summed E-state index contributed by atoms with van der Waals surface area (Å²) in [5.41, 5.74) is 1.23. The zero-order chi connectivity index (χ0) is 21.3. The third-order valence-corrected chi connectivity index (χ3v) is 7.10. The fourth-order valence-corrected chi connectivity index (χ4v) is 5.07. The van der Waals surface area contributed by atoms with Crippen LogP contribution in [0.5, 0.6) is 0 Å². The van der Waals surface area contributed by atoms with Crippen LogP contribution in [0.2, 0.25) is 5.02 Å². The minimum Gasteiger partial charge on any atom is -0.388 e. The number of piperidine rings is 1. The summed E-state index contributed by atoms with van der Waals surface area (Å²) < 4.78 is 5.58. The number of nitrogens with zero attached hydrogens (tertiary/aromatic N) is 2. The van der Waals surface area contributed by atoms with Crippen molar-refractivity contribution >= 4 is 28.5 Å². The summed E-state index contributed by atoms with van der Waals surface area (Å²) in [6.07, 6.45) is 4.97. The van der Waals surface area contributed by atoms with Gasteiger partial charge >= 0.3 is 6.03 Å². The van der Waals surface area contributed by atoms with Crippen molar-refractivity contribution in [3.05, 3.63) is 28.9 Å². The molecule has 0 bridgehead atoms. The van der Waals surface area contributed by atoms with E-state index in [9.17, 15) is 9.90 Å². The molecule has 2 aliphatic heterocycles. The monoisotopic (exact) mass is 434 g/mol. The minimum atomic E-state index is -0.691. The number of H-pyrrole nitrogens is 1. The fraction of sp³-hybridized carbons (Fsp3) is 0.636. The molecular formula is C22H31ClN4O3. The second kappa shape index (κ2) is 8.73. The SMILES string of the molecule is CC(C)(C1CCN(C(=O)NC[C@H]2CCCO2)CC1)[C@H](O)c1cc(Cl)cc2cn[nH]c12. The van der Waals surface area contributed by atoms with Crippen LogP contribution >= 0.6 is 11.6 Å². The maximum atomic E-state index is 12.5. The van der Waals surface area contributed by atoms with Crippen LogP contribution in [0.3, 0.4) is 0 Å². The van der Waals surface area contributed by atoms with E-state index in [4.69, 9.17) is 16.3 Å². The number of aliphatic hydroxyl groups excluding tert-OH is 1. The molecule has 0 saturated carbocycles. The maximum Gasteiger partial charge on any atom is 0.317 e. The smallest absolute Gasteiger partial charge is 0.317 e.